The third kappa shape index (κ3) is 7.63. The van der Waals surface area contributed by atoms with Gasteiger partial charge in [0.15, 0.2) is 22.9 Å². The standard InChI is InChI=1S/C34H38BrN3O8S/c1-5-8-24-30(33(41)45-7-3)31(22-10-12-25(42-4)23(35)19-22)38-32(40)28(47-34(38)36-24)18-21-9-11-26(27(17-21)44-6-2)46-20-29(39)37-13-15-43-16-14-37/h9-12,17-19,31H,5-8,13-16,20H2,1-4H3/b28-18+/t31-/m0/s1. The van der Waals surface area contributed by atoms with Crippen LogP contribution >= 0.6 is 27.3 Å². The normalized spacial score (nSPS) is 16.4. The second-order valence-corrected chi connectivity index (χ2v) is 12.6. The minimum Gasteiger partial charge on any atom is -0.496 e. The lowest BCUT2D eigenvalue weighted by molar-refractivity contribution is -0.139. The second-order valence-electron chi connectivity index (χ2n) is 10.7. The van der Waals surface area contributed by atoms with Crippen LogP contribution in [0, 0.1) is 0 Å². The van der Waals surface area contributed by atoms with Crippen LogP contribution in [0.1, 0.15) is 50.8 Å². The van der Waals surface area contributed by atoms with E-state index in [-0.39, 0.29) is 24.7 Å². The molecule has 0 bridgehead atoms. The number of thiazole rings is 1. The maximum absolute atomic E-state index is 14.2. The van der Waals surface area contributed by atoms with E-state index >= 15 is 0 Å². The summed E-state index contributed by atoms with van der Waals surface area (Å²) in [5, 5.41) is 0. The number of carbonyl (C=O) groups excluding carboxylic acids is 2. The van der Waals surface area contributed by atoms with E-state index in [1.807, 2.05) is 26.0 Å². The second kappa shape index (κ2) is 15.8. The first-order chi connectivity index (χ1) is 22.8. The fraction of sp³-hybridized carbons (Fsp3) is 0.412. The van der Waals surface area contributed by atoms with Gasteiger partial charge in [-0.1, -0.05) is 36.8 Å². The Bertz CT molecular complexity index is 1840. The maximum Gasteiger partial charge on any atom is 0.338 e. The molecule has 1 aromatic heterocycles. The van der Waals surface area contributed by atoms with E-state index in [4.69, 9.17) is 28.7 Å². The molecule has 1 saturated heterocycles. The molecular formula is C34H38BrN3O8S. The average Bonchev–Trinajstić information content (AvgIpc) is 3.38. The molecule has 11 nitrogen and oxygen atoms in total. The first-order valence-corrected chi connectivity index (χ1v) is 17.2. The largest absolute Gasteiger partial charge is 0.496 e. The fourth-order valence-corrected chi connectivity index (χ4v) is 7.06. The number of hydrogen-bond acceptors (Lipinski definition) is 10. The van der Waals surface area contributed by atoms with Crippen LogP contribution in [0.25, 0.3) is 6.08 Å². The molecule has 0 spiro atoms. The molecule has 3 aromatic rings. The van der Waals surface area contributed by atoms with Crippen molar-refractivity contribution in [1.82, 2.24) is 9.47 Å². The van der Waals surface area contributed by atoms with E-state index in [0.717, 1.165) is 6.42 Å². The Morgan fingerprint density at radius 2 is 1.81 bits per heavy atom. The molecule has 1 fully saturated rings. The smallest absolute Gasteiger partial charge is 0.338 e. The van der Waals surface area contributed by atoms with Gasteiger partial charge in [0, 0.05) is 13.1 Å². The van der Waals surface area contributed by atoms with Gasteiger partial charge in [0.2, 0.25) is 0 Å². The number of aromatic nitrogens is 1. The number of ether oxygens (including phenoxy) is 5. The van der Waals surface area contributed by atoms with E-state index in [0.29, 0.717) is 92.8 Å². The van der Waals surface area contributed by atoms with Crippen LogP contribution in [0.5, 0.6) is 17.2 Å². The summed E-state index contributed by atoms with van der Waals surface area (Å²) in [6.07, 6.45) is 3.06. The maximum atomic E-state index is 14.2. The fourth-order valence-electron chi connectivity index (χ4n) is 5.49. The van der Waals surface area contributed by atoms with Gasteiger partial charge in [0.05, 0.1) is 59.9 Å². The van der Waals surface area contributed by atoms with Crippen LogP contribution in [0.4, 0.5) is 0 Å². The number of carbonyl (C=O) groups is 2. The number of benzene rings is 2. The lowest BCUT2D eigenvalue weighted by Crippen LogP contribution is -2.43. The quantitative estimate of drug-likeness (QED) is 0.257. The van der Waals surface area contributed by atoms with Crippen molar-refractivity contribution < 1.29 is 33.3 Å². The first-order valence-electron chi connectivity index (χ1n) is 15.6. The lowest BCUT2D eigenvalue weighted by atomic mass is 9.94. The highest BCUT2D eigenvalue weighted by Crippen LogP contribution is 2.36. The predicted molar refractivity (Wildman–Crippen MR) is 181 cm³/mol. The van der Waals surface area contributed by atoms with Crippen molar-refractivity contribution in [3.05, 3.63) is 83.0 Å². The number of methoxy groups -OCH3 is 1. The van der Waals surface area contributed by atoms with Crippen molar-refractivity contribution in [2.75, 3.05) is 53.2 Å². The van der Waals surface area contributed by atoms with E-state index in [1.165, 1.54) is 11.3 Å². The topological polar surface area (TPSA) is 118 Å². The highest BCUT2D eigenvalue weighted by molar-refractivity contribution is 9.10. The number of allylic oxidation sites excluding steroid dienone is 1. The van der Waals surface area contributed by atoms with Crippen molar-refractivity contribution in [3.8, 4) is 17.2 Å². The molecule has 250 valence electrons. The van der Waals surface area contributed by atoms with Gasteiger partial charge in [0.25, 0.3) is 11.5 Å². The highest BCUT2D eigenvalue weighted by Gasteiger charge is 2.34. The summed E-state index contributed by atoms with van der Waals surface area (Å²) in [5.41, 5.74) is 2.06. The summed E-state index contributed by atoms with van der Waals surface area (Å²) in [4.78, 5) is 47.3. The number of amides is 1. The van der Waals surface area contributed by atoms with E-state index < -0.39 is 12.0 Å². The van der Waals surface area contributed by atoms with Crippen molar-refractivity contribution in [1.29, 1.82) is 0 Å². The van der Waals surface area contributed by atoms with Crippen LogP contribution in [0.3, 0.4) is 0 Å². The van der Waals surface area contributed by atoms with Crippen LogP contribution in [0.2, 0.25) is 0 Å². The minimum absolute atomic E-state index is 0.121. The zero-order valence-electron chi connectivity index (χ0n) is 26.9. The van der Waals surface area contributed by atoms with Gasteiger partial charge in [-0.25, -0.2) is 9.79 Å². The first kappa shape index (κ1) is 34.4. The molecule has 5 rings (SSSR count). The third-order valence-corrected chi connectivity index (χ3v) is 9.27. The molecule has 1 amide bonds. The van der Waals surface area contributed by atoms with Crippen LogP contribution in [0.15, 0.2) is 61.9 Å². The molecular weight excluding hydrogens is 690 g/mol. The van der Waals surface area contributed by atoms with Crippen molar-refractivity contribution in [3.63, 3.8) is 0 Å². The molecule has 2 aliphatic heterocycles. The molecule has 13 heteroatoms. The molecule has 0 aliphatic carbocycles. The molecule has 47 heavy (non-hydrogen) atoms. The molecule has 3 heterocycles. The summed E-state index contributed by atoms with van der Waals surface area (Å²) in [7, 11) is 1.58. The Morgan fingerprint density at radius 1 is 1.04 bits per heavy atom. The van der Waals surface area contributed by atoms with Gasteiger partial charge in [-0.15, -0.1) is 0 Å². The number of morpholine rings is 1. The van der Waals surface area contributed by atoms with E-state index in [2.05, 4.69) is 15.9 Å². The number of halogens is 1. The van der Waals surface area contributed by atoms with Crippen molar-refractivity contribution in [2.24, 2.45) is 4.99 Å². The lowest BCUT2D eigenvalue weighted by Gasteiger charge is -2.26. The van der Waals surface area contributed by atoms with Gasteiger partial charge in [0.1, 0.15) is 5.75 Å². The predicted octanol–water partition coefficient (Wildman–Crippen LogP) is 3.99. The molecule has 1 atom stereocenters. The minimum atomic E-state index is -0.755. The Labute approximate surface area is 285 Å². The zero-order valence-corrected chi connectivity index (χ0v) is 29.3. The number of nitrogens with zero attached hydrogens (tertiary/aromatic N) is 3. The summed E-state index contributed by atoms with van der Waals surface area (Å²) in [5.74, 6) is 0.888. The summed E-state index contributed by atoms with van der Waals surface area (Å²) in [6, 6.07) is 10.1. The zero-order chi connectivity index (χ0) is 33.5. The molecule has 0 unspecified atom stereocenters. The third-order valence-electron chi connectivity index (χ3n) is 7.66. The summed E-state index contributed by atoms with van der Waals surface area (Å²) in [6.45, 7) is 8.17. The van der Waals surface area contributed by atoms with E-state index in [9.17, 15) is 14.4 Å². The van der Waals surface area contributed by atoms with Crippen LogP contribution < -0.4 is 29.1 Å². The monoisotopic (exact) mass is 727 g/mol. The number of rotatable bonds is 12. The number of esters is 1. The van der Waals surface area contributed by atoms with E-state index in [1.54, 1.807) is 53.8 Å². The Kier molecular flexibility index (Phi) is 11.5. The van der Waals surface area contributed by atoms with Crippen molar-refractivity contribution in [2.45, 2.75) is 39.7 Å². The summed E-state index contributed by atoms with van der Waals surface area (Å²) < 4.78 is 30.7. The molecule has 2 aliphatic rings. The number of hydrogen-bond donors (Lipinski definition) is 0. The van der Waals surface area contributed by atoms with Crippen LogP contribution in [-0.4, -0.2) is 74.6 Å². The van der Waals surface area contributed by atoms with Crippen LogP contribution in [-0.2, 0) is 19.1 Å². The Balaban J connectivity index is 1.56. The molecule has 0 saturated carbocycles. The van der Waals surface area contributed by atoms with Gasteiger partial charge in [-0.05, 0) is 77.7 Å². The van der Waals surface area contributed by atoms with Gasteiger partial charge in [-0.2, -0.15) is 0 Å². The Hall–Kier alpha value is -3.94. The molecule has 0 radical (unpaired) electrons. The number of fused-ring (bicyclic) bond motifs is 1. The molecule has 0 N–H and O–H groups in total. The average molecular weight is 729 g/mol. The van der Waals surface area contributed by atoms with Crippen molar-refractivity contribution >= 4 is 45.2 Å². The Morgan fingerprint density at radius 3 is 2.49 bits per heavy atom. The van der Waals surface area contributed by atoms with Gasteiger partial charge in [-0.3, -0.25) is 14.2 Å². The summed E-state index contributed by atoms with van der Waals surface area (Å²) >= 11 is 4.81. The van der Waals surface area contributed by atoms with Gasteiger partial charge < -0.3 is 28.6 Å². The highest BCUT2D eigenvalue weighted by atomic mass is 79.9. The van der Waals surface area contributed by atoms with Gasteiger partial charge >= 0.3 is 5.97 Å². The molecule has 2 aromatic carbocycles. The SMILES string of the molecule is CCCC1=C(C(=O)OCC)[C@H](c2ccc(OC)c(Br)c2)n2c(s/c(=C/c3ccc(OCC(=O)N4CCOCC4)c(OCC)c3)c2=O)=N1.